The van der Waals surface area contributed by atoms with Gasteiger partial charge in [-0.05, 0) is 7.05 Å². The lowest BCUT2D eigenvalue weighted by Crippen LogP contribution is -2.35. The molecule has 0 aliphatic rings. The van der Waals surface area contributed by atoms with Crippen molar-refractivity contribution in [1.82, 2.24) is 10.2 Å². The zero-order valence-electron chi connectivity index (χ0n) is 6.55. The van der Waals surface area contributed by atoms with Gasteiger partial charge in [0, 0.05) is 20.1 Å². The van der Waals surface area contributed by atoms with Crippen molar-refractivity contribution in [3.63, 3.8) is 0 Å². The summed E-state index contributed by atoms with van der Waals surface area (Å²) < 4.78 is 0. The molecule has 0 spiro atoms. The molecule has 0 saturated heterocycles. The van der Waals surface area contributed by atoms with E-state index in [-0.39, 0.29) is 5.91 Å². The average molecular weight is 145 g/mol. The average Bonchev–Trinajstić information content (AvgIpc) is 1.88. The van der Waals surface area contributed by atoms with E-state index in [2.05, 4.69) is 5.32 Å². The maximum absolute atomic E-state index is 10.7. The first-order valence-electron chi connectivity index (χ1n) is 3.30. The van der Waals surface area contributed by atoms with Gasteiger partial charge in [0.25, 0.3) is 0 Å². The van der Waals surface area contributed by atoms with Crippen molar-refractivity contribution < 1.29 is 4.79 Å². The smallest absolute Gasteiger partial charge is 0.233 e. The van der Waals surface area contributed by atoms with E-state index in [0.717, 1.165) is 6.54 Å². The number of nitrogens with one attached hydrogen (secondary N) is 1. The highest BCUT2D eigenvalue weighted by Gasteiger charge is 2.01. The molecule has 3 N–H and O–H groups in total. The maximum atomic E-state index is 10.7. The number of nitrogens with zero attached hydrogens (tertiary/aromatic N) is 1. The molecule has 4 nitrogen and oxygen atoms in total. The van der Waals surface area contributed by atoms with Crippen LogP contribution in [-0.2, 0) is 4.79 Å². The van der Waals surface area contributed by atoms with Crippen LogP contribution < -0.4 is 11.1 Å². The number of nitrogens with two attached hydrogens (primary N) is 1. The third kappa shape index (κ3) is 4.29. The number of hydrogen-bond acceptors (Lipinski definition) is 3. The fourth-order valence-electron chi connectivity index (χ4n) is 0.624. The molecular weight excluding hydrogens is 130 g/mol. The summed E-state index contributed by atoms with van der Waals surface area (Å²) in [5.74, 6) is 0.0240. The molecule has 0 saturated carbocycles. The van der Waals surface area contributed by atoms with E-state index in [1.54, 1.807) is 7.05 Å². The zero-order valence-corrected chi connectivity index (χ0v) is 6.55. The number of amides is 1. The zero-order chi connectivity index (χ0) is 7.98. The highest BCUT2D eigenvalue weighted by atomic mass is 16.1. The summed E-state index contributed by atoms with van der Waals surface area (Å²) in [6.45, 7) is 1.77. The normalized spacial score (nSPS) is 10.0. The fraction of sp³-hybridized carbons (Fsp3) is 0.833. The molecule has 0 aromatic rings. The Kier molecular flexibility index (Phi) is 4.88. The topological polar surface area (TPSA) is 58.4 Å². The van der Waals surface area contributed by atoms with Crippen LogP contribution >= 0.6 is 0 Å². The quantitative estimate of drug-likeness (QED) is 0.513. The molecule has 60 valence electrons. The Morgan fingerprint density at radius 1 is 1.70 bits per heavy atom. The summed E-state index contributed by atoms with van der Waals surface area (Å²) in [5.41, 5.74) is 5.27. The summed E-state index contributed by atoms with van der Waals surface area (Å²) >= 11 is 0. The van der Waals surface area contributed by atoms with Crippen LogP contribution in [0.25, 0.3) is 0 Å². The van der Waals surface area contributed by atoms with Crippen LogP contribution in [-0.4, -0.2) is 44.5 Å². The summed E-state index contributed by atoms with van der Waals surface area (Å²) in [6.07, 6.45) is 0. The van der Waals surface area contributed by atoms with Gasteiger partial charge in [0.1, 0.15) is 0 Å². The molecule has 0 aliphatic heterocycles. The minimum absolute atomic E-state index is 0.0240. The molecular formula is C6H15N3O. The van der Waals surface area contributed by atoms with Crippen LogP contribution in [0.15, 0.2) is 0 Å². The SMILES string of the molecule is CNC(=O)CN(C)CCN. The molecule has 0 aromatic heterocycles. The van der Waals surface area contributed by atoms with Crippen LogP contribution in [0.2, 0.25) is 0 Å². The number of carbonyl (C=O) groups excluding carboxylic acids is 1. The lowest BCUT2D eigenvalue weighted by molar-refractivity contribution is -0.121. The molecule has 0 radical (unpaired) electrons. The molecule has 0 aromatic carbocycles. The minimum Gasteiger partial charge on any atom is -0.358 e. The van der Waals surface area contributed by atoms with Crippen LogP contribution in [0, 0.1) is 0 Å². The molecule has 0 unspecified atom stereocenters. The van der Waals surface area contributed by atoms with Gasteiger partial charge in [0.05, 0.1) is 6.54 Å². The predicted octanol–water partition coefficient (Wildman–Crippen LogP) is -1.38. The Hall–Kier alpha value is -0.610. The molecule has 1 amide bonds. The van der Waals surface area contributed by atoms with Crippen molar-refractivity contribution in [2.24, 2.45) is 5.73 Å². The number of hydrogen-bond donors (Lipinski definition) is 2. The third-order valence-corrected chi connectivity index (χ3v) is 1.20. The Labute approximate surface area is 61.4 Å². The van der Waals surface area contributed by atoms with Crippen molar-refractivity contribution in [2.45, 2.75) is 0 Å². The van der Waals surface area contributed by atoms with Gasteiger partial charge in [-0.15, -0.1) is 0 Å². The van der Waals surface area contributed by atoms with E-state index < -0.39 is 0 Å². The monoisotopic (exact) mass is 145 g/mol. The van der Waals surface area contributed by atoms with Gasteiger partial charge < -0.3 is 11.1 Å². The molecule has 0 aliphatic carbocycles. The van der Waals surface area contributed by atoms with E-state index in [0.29, 0.717) is 13.1 Å². The second-order valence-corrected chi connectivity index (χ2v) is 2.20. The van der Waals surface area contributed by atoms with Crippen molar-refractivity contribution in [3.8, 4) is 0 Å². The predicted molar refractivity (Wildman–Crippen MR) is 40.6 cm³/mol. The molecule has 0 heterocycles. The molecule has 0 rings (SSSR count). The largest absolute Gasteiger partial charge is 0.358 e. The summed E-state index contributed by atoms with van der Waals surface area (Å²) in [6, 6.07) is 0. The first-order chi connectivity index (χ1) is 4.70. The third-order valence-electron chi connectivity index (χ3n) is 1.20. The van der Waals surface area contributed by atoms with E-state index >= 15 is 0 Å². The molecule has 0 fully saturated rings. The van der Waals surface area contributed by atoms with Crippen LogP contribution in [0.3, 0.4) is 0 Å². The van der Waals surface area contributed by atoms with E-state index in [1.165, 1.54) is 0 Å². The van der Waals surface area contributed by atoms with E-state index in [4.69, 9.17) is 5.73 Å². The van der Waals surface area contributed by atoms with Gasteiger partial charge in [0.2, 0.25) is 5.91 Å². The van der Waals surface area contributed by atoms with Crippen LogP contribution in [0.5, 0.6) is 0 Å². The highest BCUT2D eigenvalue weighted by Crippen LogP contribution is 1.77. The van der Waals surface area contributed by atoms with Gasteiger partial charge in [-0.3, -0.25) is 9.69 Å². The lowest BCUT2D eigenvalue weighted by atomic mass is 10.5. The van der Waals surface area contributed by atoms with Gasteiger partial charge in [0.15, 0.2) is 0 Å². The minimum atomic E-state index is 0.0240. The van der Waals surface area contributed by atoms with E-state index in [1.807, 2.05) is 11.9 Å². The fourth-order valence-corrected chi connectivity index (χ4v) is 0.624. The number of rotatable bonds is 4. The Balaban J connectivity index is 3.37. The lowest BCUT2D eigenvalue weighted by Gasteiger charge is -2.13. The Morgan fingerprint density at radius 2 is 2.30 bits per heavy atom. The van der Waals surface area contributed by atoms with Crippen molar-refractivity contribution in [1.29, 1.82) is 0 Å². The van der Waals surface area contributed by atoms with E-state index in [9.17, 15) is 4.79 Å². The van der Waals surface area contributed by atoms with Crippen molar-refractivity contribution in [3.05, 3.63) is 0 Å². The summed E-state index contributed by atoms with van der Waals surface area (Å²) in [4.78, 5) is 12.6. The summed E-state index contributed by atoms with van der Waals surface area (Å²) in [5, 5.41) is 2.53. The van der Waals surface area contributed by atoms with Crippen molar-refractivity contribution in [2.75, 3.05) is 33.7 Å². The molecule has 10 heavy (non-hydrogen) atoms. The number of carbonyl (C=O) groups is 1. The Morgan fingerprint density at radius 3 is 2.70 bits per heavy atom. The highest BCUT2D eigenvalue weighted by molar-refractivity contribution is 5.77. The second kappa shape index (κ2) is 5.20. The van der Waals surface area contributed by atoms with Crippen molar-refractivity contribution >= 4 is 5.91 Å². The maximum Gasteiger partial charge on any atom is 0.233 e. The van der Waals surface area contributed by atoms with Gasteiger partial charge in [-0.2, -0.15) is 0 Å². The van der Waals surface area contributed by atoms with Gasteiger partial charge in [-0.1, -0.05) is 0 Å². The standard InChI is InChI=1S/C6H15N3O/c1-8-6(10)5-9(2)4-3-7/h3-5,7H2,1-2H3,(H,8,10). The van der Waals surface area contributed by atoms with Crippen LogP contribution in [0.4, 0.5) is 0 Å². The molecule has 0 bridgehead atoms. The first kappa shape index (κ1) is 9.39. The molecule has 4 heteroatoms. The Bertz CT molecular complexity index is 105. The van der Waals surface area contributed by atoms with Crippen LogP contribution in [0.1, 0.15) is 0 Å². The summed E-state index contributed by atoms with van der Waals surface area (Å²) in [7, 11) is 3.49. The second-order valence-electron chi connectivity index (χ2n) is 2.20. The first-order valence-corrected chi connectivity index (χ1v) is 3.30. The molecule has 0 atom stereocenters. The number of likely N-dealkylation sites (N-methyl/N-ethyl adjacent to an activating group) is 2. The van der Waals surface area contributed by atoms with Gasteiger partial charge in [-0.25, -0.2) is 0 Å². The van der Waals surface area contributed by atoms with Gasteiger partial charge >= 0.3 is 0 Å².